The molecule has 10 heteroatoms. The van der Waals surface area contributed by atoms with E-state index in [0.717, 1.165) is 6.07 Å². The van der Waals surface area contributed by atoms with Crippen LogP contribution in [0.1, 0.15) is 0 Å². The minimum atomic E-state index is -4.16. The van der Waals surface area contributed by atoms with Crippen LogP contribution in [0.5, 0.6) is 5.75 Å². The van der Waals surface area contributed by atoms with Crippen LogP contribution in [-0.4, -0.2) is 34.5 Å². The third-order valence-corrected chi connectivity index (χ3v) is 4.13. The smallest absolute Gasteiger partial charge is 0.273 e. The summed E-state index contributed by atoms with van der Waals surface area (Å²) >= 11 is 5.73. The van der Waals surface area contributed by atoms with E-state index in [1.165, 1.54) is 19.2 Å². The molecule has 0 aliphatic carbocycles. The second-order valence-corrected chi connectivity index (χ2v) is 5.82. The summed E-state index contributed by atoms with van der Waals surface area (Å²) in [5, 5.41) is -0.0932. The molecule has 5 nitrogen and oxygen atoms in total. The number of hydrogen-bond acceptors (Lipinski definition) is 4. The Morgan fingerprint density at radius 1 is 1.45 bits per heavy atom. The SMILES string of the molecule is COc1ccc(Cl)c(S(=O)(=O)NCC(F)(F)CN)c1.Cl. The molecule has 0 heterocycles. The number of nitrogens with one attached hydrogen (secondary N) is 1. The molecule has 0 atom stereocenters. The maximum atomic E-state index is 12.9. The van der Waals surface area contributed by atoms with Gasteiger partial charge in [0, 0.05) is 6.07 Å². The first-order valence-electron chi connectivity index (χ1n) is 5.13. The van der Waals surface area contributed by atoms with Gasteiger partial charge in [0.05, 0.1) is 25.2 Å². The quantitative estimate of drug-likeness (QED) is 0.817. The van der Waals surface area contributed by atoms with Gasteiger partial charge in [-0.05, 0) is 12.1 Å². The predicted molar refractivity (Wildman–Crippen MR) is 74.4 cm³/mol. The van der Waals surface area contributed by atoms with Gasteiger partial charge in [-0.25, -0.2) is 21.9 Å². The van der Waals surface area contributed by atoms with E-state index < -0.39 is 29.0 Å². The molecule has 3 N–H and O–H groups in total. The molecule has 0 fully saturated rings. The van der Waals surface area contributed by atoms with Crippen LogP contribution >= 0.6 is 24.0 Å². The van der Waals surface area contributed by atoms with Crippen LogP contribution in [0.2, 0.25) is 5.02 Å². The van der Waals surface area contributed by atoms with Gasteiger partial charge >= 0.3 is 0 Å². The molecule has 1 aromatic rings. The van der Waals surface area contributed by atoms with Gasteiger partial charge in [-0.3, -0.25) is 0 Å². The zero-order valence-electron chi connectivity index (χ0n) is 10.4. The minimum absolute atomic E-state index is 0. The summed E-state index contributed by atoms with van der Waals surface area (Å²) in [5.74, 6) is -3.08. The molecular formula is C10H14Cl2F2N2O3S. The molecule has 0 unspecified atom stereocenters. The zero-order chi connectivity index (χ0) is 14.7. The van der Waals surface area contributed by atoms with Crippen LogP contribution in [0.15, 0.2) is 23.1 Å². The van der Waals surface area contributed by atoms with Crippen LogP contribution in [-0.2, 0) is 10.0 Å². The molecular weight excluding hydrogens is 337 g/mol. The molecule has 0 saturated heterocycles. The highest BCUT2D eigenvalue weighted by Crippen LogP contribution is 2.26. The van der Waals surface area contributed by atoms with Crippen molar-refractivity contribution in [2.75, 3.05) is 20.2 Å². The van der Waals surface area contributed by atoms with E-state index in [0.29, 0.717) is 0 Å². The zero-order valence-corrected chi connectivity index (χ0v) is 12.8. The highest BCUT2D eigenvalue weighted by atomic mass is 35.5. The van der Waals surface area contributed by atoms with Gasteiger partial charge < -0.3 is 10.5 Å². The van der Waals surface area contributed by atoms with E-state index in [9.17, 15) is 17.2 Å². The fourth-order valence-electron chi connectivity index (χ4n) is 1.17. The summed E-state index contributed by atoms with van der Waals surface area (Å²) in [6.07, 6.45) is 0. The Morgan fingerprint density at radius 3 is 2.55 bits per heavy atom. The molecule has 0 saturated carbocycles. The van der Waals surface area contributed by atoms with Crippen molar-refractivity contribution in [2.24, 2.45) is 5.73 Å². The van der Waals surface area contributed by atoms with Gasteiger partial charge in [-0.2, -0.15) is 0 Å². The van der Waals surface area contributed by atoms with E-state index in [2.05, 4.69) is 0 Å². The topological polar surface area (TPSA) is 81.4 Å². The van der Waals surface area contributed by atoms with Crippen molar-refractivity contribution in [2.45, 2.75) is 10.8 Å². The summed E-state index contributed by atoms with van der Waals surface area (Å²) in [5.41, 5.74) is 4.82. The summed E-state index contributed by atoms with van der Waals surface area (Å²) in [7, 11) is -2.82. The Kier molecular flexibility index (Phi) is 7.12. The van der Waals surface area contributed by atoms with Gasteiger partial charge in [0.25, 0.3) is 5.92 Å². The first-order valence-corrected chi connectivity index (χ1v) is 6.99. The first-order chi connectivity index (χ1) is 8.72. The Hall–Kier alpha value is -0.670. The number of ether oxygens (including phenoxy) is 1. The average molecular weight is 351 g/mol. The van der Waals surface area contributed by atoms with Crippen molar-refractivity contribution in [3.63, 3.8) is 0 Å². The molecule has 0 aliphatic heterocycles. The molecule has 116 valence electrons. The summed E-state index contributed by atoms with van der Waals surface area (Å²) < 4.78 is 56.2. The molecule has 1 aromatic carbocycles. The number of rotatable bonds is 6. The number of hydrogen-bond donors (Lipinski definition) is 2. The third kappa shape index (κ3) is 5.02. The van der Waals surface area contributed by atoms with Gasteiger partial charge in [-0.15, -0.1) is 12.4 Å². The number of nitrogens with two attached hydrogens (primary N) is 1. The highest BCUT2D eigenvalue weighted by molar-refractivity contribution is 7.89. The molecule has 1 rings (SSSR count). The lowest BCUT2D eigenvalue weighted by Gasteiger charge is -2.15. The van der Waals surface area contributed by atoms with Gasteiger partial charge in [0.2, 0.25) is 10.0 Å². The van der Waals surface area contributed by atoms with E-state index >= 15 is 0 Å². The van der Waals surface area contributed by atoms with Gasteiger partial charge in [0.15, 0.2) is 0 Å². The van der Waals surface area contributed by atoms with Crippen molar-refractivity contribution in [3.05, 3.63) is 23.2 Å². The molecule has 20 heavy (non-hydrogen) atoms. The van der Waals surface area contributed by atoms with Crippen molar-refractivity contribution in [1.82, 2.24) is 4.72 Å². The van der Waals surface area contributed by atoms with E-state index in [1.54, 1.807) is 4.72 Å². The monoisotopic (exact) mass is 350 g/mol. The van der Waals surface area contributed by atoms with E-state index in [1.807, 2.05) is 0 Å². The second kappa shape index (κ2) is 7.37. The number of halogens is 4. The van der Waals surface area contributed by atoms with Crippen LogP contribution in [0.25, 0.3) is 0 Å². The predicted octanol–water partition coefficient (Wildman–Crippen LogP) is 1.64. The number of sulfonamides is 1. The average Bonchev–Trinajstić information content (AvgIpc) is 2.37. The summed E-state index contributed by atoms with van der Waals surface area (Å²) in [6, 6.07) is 3.90. The summed E-state index contributed by atoms with van der Waals surface area (Å²) in [4.78, 5) is -0.332. The van der Waals surface area contributed by atoms with Gasteiger partial charge in [-0.1, -0.05) is 11.6 Å². The maximum absolute atomic E-state index is 12.9. The standard InChI is InChI=1S/C10H13ClF2N2O3S.ClH/c1-18-7-2-3-8(11)9(4-7)19(16,17)15-6-10(12,13)5-14;/h2-4,15H,5-6,14H2,1H3;1H. The fraction of sp³-hybridized carbons (Fsp3) is 0.400. The minimum Gasteiger partial charge on any atom is -0.497 e. The Morgan fingerprint density at radius 2 is 2.05 bits per heavy atom. The molecule has 0 radical (unpaired) electrons. The third-order valence-electron chi connectivity index (χ3n) is 2.25. The highest BCUT2D eigenvalue weighted by Gasteiger charge is 2.30. The van der Waals surface area contributed by atoms with Crippen molar-refractivity contribution in [3.8, 4) is 5.75 Å². The van der Waals surface area contributed by atoms with Crippen molar-refractivity contribution < 1.29 is 21.9 Å². The first kappa shape index (κ1) is 19.3. The normalized spacial score (nSPS) is 11.8. The van der Waals surface area contributed by atoms with Crippen LogP contribution in [0, 0.1) is 0 Å². The molecule has 0 aromatic heterocycles. The largest absolute Gasteiger partial charge is 0.497 e. The Bertz CT molecular complexity index is 555. The van der Waals surface area contributed by atoms with Gasteiger partial charge in [0.1, 0.15) is 10.6 Å². The number of benzene rings is 1. The van der Waals surface area contributed by atoms with E-state index in [4.69, 9.17) is 22.1 Å². The van der Waals surface area contributed by atoms with Crippen molar-refractivity contribution >= 4 is 34.0 Å². The fourth-order valence-corrected chi connectivity index (χ4v) is 2.74. The lowest BCUT2D eigenvalue weighted by atomic mass is 10.3. The Balaban J connectivity index is 0.00000361. The van der Waals surface area contributed by atoms with Crippen LogP contribution in [0.3, 0.4) is 0 Å². The maximum Gasteiger partial charge on any atom is 0.273 e. The van der Waals surface area contributed by atoms with Crippen molar-refractivity contribution in [1.29, 1.82) is 0 Å². The molecule has 0 aliphatic rings. The Labute approximate surface area is 126 Å². The number of methoxy groups -OCH3 is 1. The van der Waals surface area contributed by atoms with Crippen LogP contribution < -0.4 is 15.2 Å². The lowest BCUT2D eigenvalue weighted by Crippen LogP contribution is -2.41. The lowest BCUT2D eigenvalue weighted by molar-refractivity contribution is 0.0170. The number of alkyl halides is 2. The second-order valence-electron chi connectivity index (χ2n) is 3.68. The summed E-state index contributed by atoms with van der Waals surface area (Å²) in [6.45, 7) is -2.05. The molecule has 0 bridgehead atoms. The molecule has 0 amide bonds. The molecule has 0 spiro atoms. The van der Waals surface area contributed by atoms with Crippen LogP contribution in [0.4, 0.5) is 8.78 Å². The van der Waals surface area contributed by atoms with E-state index in [-0.39, 0.29) is 28.1 Å².